The largest absolute Gasteiger partial charge is 0.493 e. The minimum absolute atomic E-state index is 0.181. The molecule has 0 aromatic heterocycles. The second kappa shape index (κ2) is 19.8. The quantitative estimate of drug-likeness (QED) is 0.0607. The van der Waals surface area contributed by atoms with Gasteiger partial charge in [0.1, 0.15) is 6.10 Å². The molecule has 204 valence electrons. The van der Waals surface area contributed by atoms with Gasteiger partial charge in [-0.25, -0.2) is 0 Å². The van der Waals surface area contributed by atoms with Gasteiger partial charge in [0, 0.05) is 6.42 Å². The predicted molar refractivity (Wildman–Crippen MR) is 149 cm³/mol. The van der Waals surface area contributed by atoms with Crippen LogP contribution in [0.4, 0.5) is 5.69 Å². The normalized spacial score (nSPS) is 12.6. The molecule has 0 heterocycles. The molecule has 7 heteroatoms. The van der Waals surface area contributed by atoms with E-state index in [0.717, 1.165) is 25.7 Å². The van der Waals surface area contributed by atoms with Crippen LogP contribution in [0.15, 0.2) is 60.7 Å². The Bertz CT molecular complexity index is 932. The smallest absolute Gasteiger partial charge is 0.306 e. The van der Waals surface area contributed by atoms with Crippen molar-refractivity contribution in [3.8, 4) is 11.5 Å². The highest BCUT2D eigenvalue weighted by Crippen LogP contribution is 2.38. The van der Waals surface area contributed by atoms with Crippen molar-refractivity contribution in [3.63, 3.8) is 0 Å². The molecule has 37 heavy (non-hydrogen) atoms. The van der Waals surface area contributed by atoms with E-state index in [1.165, 1.54) is 52.0 Å². The predicted octanol–water partition coefficient (Wildman–Crippen LogP) is 8.36. The van der Waals surface area contributed by atoms with Crippen molar-refractivity contribution in [1.82, 2.24) is 0 Å². The monoisotopic (exact) mass is 513 g/mol. The van der Waals surface area contributed by atoms with E-state index in [9.17, 15) is 14.9 Å². The van der Waals surface area contributed by atoms with E-state index in [1.54, 1.807) is 6.92 Å². The van der Waals surface area contributed by atoms with Crippen molar-refractivity contribution < 1.29 is 23.9 Å². The number of carbonyl (C=O) groups excluding carboxylic acids is 1. The summed E-state index contributed by atoms with van der Waals surface area (Å²) >= 11 is 0. The van der Waals surface area contributed by atoms with Crippen molar-refractivity contribution in [1.29, 1.82) is 0 Å². The van der Waals surface area contributed by atoms with Crippen molar-refractivity contribution in [2.45, 2.75) is 84.2 Å². The first-order chi connectivity index (χ1) is 17.9. The number of carbonyl (C=O) groups is 1. The Balaban J connectivity index is 2.30. The minimum atomic E-state index is -0.788. The van der Waals surface area contributed by atoms with E-state index in [2.05, 4.69) is 55.5 Å². The summed E-state index contributed by atoms with van der Waals surface area (Å²) in [6, 6.07) is 2.76. The van der Waals surface area contributed by atoms with Crippen LogP contribution < -0.4 is 9.47 Å². The average molecular weight is 514 g/mol. The maximum Gasteiger partial charge on any atom is 0.306 e. The summed E-state index contributed by atoms with van der Waals surface area (Å²) in [5.74, 6) is 0.189. The average Bonchev–Trinajstić information content (AvgIpc) is 2.89. The van der Waals surface area contributed by atoms with Crippen molar-refractivity contribution in [3.05, 3.63) is 76.4 Å². The van der Waals surface area contributed by atoms with E-state index >= 15 is 0 Å². The number of nitro groups is 1. The van der Waals surface area contributed by atoms with Crippen LogP contribution >= 0.6 is 0 Å². The summed E-state index contributed by atoms with van der Waals surface area (Å²) in [5, 5.41) is 11.5. The van der Waals surface area contributed by atoms with Gasteiger partial charge in [-0.05, 0) is 57.9 Å². The lowest BCUT2D eigenvalue weighted by molar-refractivity contribution is -0.386. The van der Waals surface area contributed by atoms with Gasteiger partial charge in [0.15, 0.2) is 11.5 Å². The van der Waals surface area contributed by atoms with E-state index in [0.29, 0.717) is 12.2 Å². The van der Waals surface area contributed by atoms with Gasteiger partial charge in [-0.15, -0.1) is 0 Å². The molecule has 1 aromatic rings. The SMILES string of the molecule is CCCCC/C=C/C/C=C/C/C=C/C/C=C/CCCC(=O)OC(C)c1cc(OC)c(OC)cc1[N+](=O)[O-]. The fourth-order valence-corrected chi connectivity index (χ4v) is 3.61. The molecule has 0 bridgehead atoms. The Kier molecular flexibility index (Phi) is 16.9. The van der Waals surface area contributed by atoms with Crippen LogP contribution in [0.25, 0.3) is 0 Å². The van der Waals surface area contributed by atoms with Crippen LogP contribution in [-0.4, -0.2) is 25.1 Å². The van der Waals surface area contributed by atoms with Gasteiger partial charge < -0.3 is 14.2 Å². The van der Waals surface area contributed by atoms with Crippen LogP contribution in [0.3, 0.4) is 0 Å². The van der Waals surface area contributed by atoms with Crippen LogP contribution in [0.2, 0.25) is 0 Å². The zero-order valence-corrected chi connectivity index (χ0v) is 22.8. The van der Waals surface area contributed by atoms with Gasteiger partial charge in [-0.2, -0.15) is 0 Å². The molecule has 0 spiro atoms. The van der Waals surface area contributed by atoms with Crippen LogP contribution in [0, 0.1) is 10.1 Å². The lowest BCUT2D eigenvalue weighted by atomic mass is 10.1. The van der Waals surface area contributed by atoms with Gasteiger partial charge in [-0.3, -0.25) is 14.9 Å². The molecule has 0 aliphatic rings. The molecule has 0 amide bonds. The van der Waals surface area contributed by atoms with E-state index < -0.39 is 17.0 Å². The van der Waals surface area contributed by atoms with Gasteiger partial charge in [0.05, 0.1) is 30.8 Å². The van der Waals surface area contributed by atoms with E-state index in [4.69, 9.17) is 14.2 Å². The maximum atomic E-state index is 12.3. The Hall–Kier alpha value is -3.35. The first-order valence-corrected chi connectivity index (χ1v) is 13.1. The summed E-state index contributed by atoms with van der Waals surface area (Å²) in [7, 11) is 2.85. The number of benzene rings is 1. The molecule has 1 rings (SSSR count). The summed E-state index contributed by atoms with van der Waals surface area (Å²) in [5.41, 5.74) is 0.0791. The van der Waals surface area contributed by atoms with E-state index in [-0.39, 0.29) is 23.4 Å². The third-order valence-corrected chi connectivity index (χ3v) is 5.68. The number of esters is 1. The Morgan fingerprint density at radius 1 is 0.865 bits per heavy atom. The molecule has 7 nitrogen and oxygen atoms in total. The molecule has 0 saturated carbocycles. The molecule has 0 N–H and O–H groups in total. The third-order valence-electron chi connectivity index (χ3n) is 5.68. The standard InChI is InChI=1S/C30H43NO6/c1-5-6-7-8-9-10-11-12-13-14-15-16-17-18-19-20-21-22-30(32)37-25(2)26-23-28(35-3)29(36-4)24-27(26)31(33)34/h9-10,12-13,15-16,18-19,23-25H,5-8,11,14,17,20-22H2,1-4H3/b10-9+,13-12+,16-15+,19-18+. The molecule has 1 unspecified atom stereocenters. The molecular formula is C30H43NO6. The van der Waals surface area contributed by atoms with Crippen LogP contribution in [-0.2, 0) is 9.53 Å². The molecule has 0 fully saturated rings. The maximum absolute atomic E-state index is 12.3. The number of hydrogen-bond donors (Lipinski definition) is 0. The second-order valence-corrected chi connectivity index (χ2v) is 8.64. The van der Waals surface area contributed by atoms with Crippen LogP contribution in [0.1, 0.15) is 89.7 Å². The topological polar surface area (TPSA) is 87.9 Å². The lowest BCUT2D eigenvalue weighted by Crippen LogP contribution is -2.11. The number of nitro benzene ring substituents is 1. The molecule has 0 aliphatic carbocycles. The highest BCUT2D eigenvalue weighted by atomic mass is 16.6. The summed E-state index contributed by atoms with van der Waals surface area (Å²) in [4.78, 5) is 23.2. The van der Waals surface area contributed by atoms with Crippen molar-refractivity contribution in [2.75, 3.05) is 14.2 Å². The molecule has 0 aliphatic heterocycles. The van der Waals surface area contributed by atoms with Crippen molar-refractivity contribution >= 4 is 11.7 Å². The molecular weight excluding hydrogens is 470 g/mol. The van der Waals surface area contributed by atoms with Crippen molar-refractivity contribution in [2.24, 2.45) is 0 Å². The summed E-state index contributed by atoms with van der Waals surface area (Å²) in [6.45, 7) is 3.83. The van der Waals surface area contributed by atoms with Gasteiger partial charge in [0.2, 0.25) is 0 Å². The second-order valence-electron chi connectivity index (χ2n) is 8.64. The highest BCUT2D eigenvalue weighted by Gasteiger charge is 2.25. The first kappa shape index (κ1) is 31.7. The third kappa shape index (κ3) is 13.5. The number of ether oxygens (including phenoxy) is 3. The van der Waals surface area contributed by atoms with Gasteiger partial charge in [0.25, 0.3) is 5.69 Å². The number of allylic oxidation sites excluding steroid dienone is 8. The zero-order chi connectivity index (χ0) is 27.3. The summed E-state index contributed by atoms with van der Waals surface area (Å²) < 4.78 is 15.8. The minimum Gasteiger partial charge on any atom is -0.493 e. The number of nitrogens with zero attached hydrogens (tertiary/aromatic N) is 1. The Labute approximate surface area is 222 Å². The van der Waals surface area contributed by atoms with Gasteiger partial charge in [-0.1, -0.05) is 68.4 Å². The fraction of sp³-hybridized carbons (Fsp3) is 0.500. The Morgan fingerprint density at radius 2 is 1.38 bits per heavy atom. The Morgan fingerprint density at radius 3 is 1.89 bits per heavy atom. The van der Waals surface area contributed by atoms with Crippen LogP contribution in [0.5, 0.6) is 11.5 Å². The van der Waals surface area contributed by atoms with E-state index in [1.807, 2.05) is 0 Å². The van der Waals surface area contributed by atoms with Gasteiger partial charge >= 0.3 is 5.97 Å². The first-order valence-electron chi connectivity index (χ1n) is 13.1. The lowest BCUT2D eigenvalue weighted by Gasteiger charge is -2.16. The number of methoxy groups -OCH3 is 2. The highest BCUT2D eigenvalue weighted by molar-refractivity contribution is 5.70. The number of rotatable bonds is 19. The molecule has 1 aromatic carbocycles. The molecule has 0 radical (unpaired) electrons. The summed E-state index contributed by atoms with van der Waals surface area (Å²) in [6.07, 6.45) is 26.0. The zero-order valence-electron chi connectivity index (χ0n) is 22.8. The fourth-order valence-electron chi connectivity index (χ4n) is 3.61. The number of hydrogen-bond acceptors (Lipinski definition) is 6. The molecule has 0 saturated heterocycles. The molecule has 1 atom stereocenters. The number of unbranched alkanes of at least 4 members (excludes halogenated alkanes) is 4.